The molecule has 1 aromatic carbocycles. The summed E-state index contributed by atoms with van der Waals surface area (Å²) in [4.78, 5) is 0. The minimum atomic E-state index is -5.77. The summed E-state index contributed by atoms with van der Waals surface area (Å²) < 4.78 is 64.6. The molecule has 0 unspecified atom stereocenters. The van der Waals surface area contributed by atoms with Crippen molar-refractivity contribution in [1.29, 1.82) is 0 Å². The average molecular weight is 324 g/mol. The maximum atomic E-state index is 12.6. The van der Waals surface area contributed by atoms with Crippen LogP contribution in [0.1, 0.15) is 5.56 Å². The third kappa shape index (κ3) is 4.29. The Bertz CT molecular complexity index is 410. The van der Waals surface area contributed by atoms with Crippen LogP contribution in [-0.2, 0) is 6.04 Å². The summed E-state index contributed by atoms with van der Waals surface area (Å²) >= 11 is 11.1. The van der Waals surface area contributed by atoms with E-state index in [0.717, 1.165) is 12.1 Å². The highest BCUT2D eigenvalue weighted by atomic mass is 35.7. The topological polar surface area (TPSA) is 9.23 Å². The van der Waals surface area contributed by atoms with Gasteiger partial charge in [0.1, 0.15) is 5.75 Å². The lowest BCUT2D eigenvalue weighted by Crippen LogP contribution is -2.41. The van der Waals surface area contributed by atoms with Crippen molar-refractivity contribution in [3.8, 4) is 5.75 Å². The van der Waals surface area contributed by atoms with Crippen LogP contribution in [0, 0.1) is 0 Å². The van der Waals surface area contributed by atoms with Crippen molar-refractivity contribution < 1.29 is 26.7 Å². The van der Waals surface area contributed by atoms with E-state index in [0.29, 0.717) is 5.56 Å². The molecule has 18 heavy (non-hydrogen) atoms. The van der Waals surface area contributed by atoms with Crippen LogP contribution in [0.4, 0.5) is 22.0 Å². The molecule has 1 nitrogen and oxygen atoms in total. The van der Waals surface area contributed by atoms with Crippen molar-refractivity contribution in [2.24, 2.45) is 0 Å². The minimum Gasteiger partial charge on any atom is -0.426 e. The molecule has 0 spiro atoms. The molecule has 0 saturated carbocycles. The van der Waals surface area contributed by atoms with E-state index in [1.807, 2.05) is 0 Å². The lowest BCUT2D eigenvalue weighted by Gasteiger charge is -2.20. The first kappa shape index (κ1) is 15.5. The molecule has 1 radical (unpaired) electrons. The van der Waals surface area contributed by atoms with E-state index < -0.39 is 25.5 Å². The van der Waals surface area contributed by atoms with Crippen LogP contribution in [0.5, 0.6) is 5.75 Å². The van der Waals surface area contributed by atoms with E-state index in [-0.39, 0.29) is 6.04 Å². The van der Waals surface area contributed by atoms with Crippen LogP contribution in [0.2, 0.25) is 0 Å². The van der Waals surface area contributed by atoms with Gasteiger partial charge in [-0.05, 0) is 23.7 Å². The number of rotatable bonds is 4. The van der Waals surface area contributed by atoms with Crippen molar-refractivity contribution in [3.05, 3.63) is 29.8 Å². The summed E-state index contributed by atoms with van der Waals surface area (Å²) in [5.74, 6) is -0.591. The van der Waals surface area contributed by atoms with Crippen molar-refractivity contribution in [2.75, 3.05) is 0 Å². The largest absolute Gasteiger partial charge is 0.499 e. The molecule has 1 aromatic rings. The lowest BCUT2D eigenvalue weighted by atomic mass is 10.2. The van der Waals surface area contributed by atoms with Gasteiger partial charge in [-0.1, -0.05) is 12.1 Å². The zero-order valence-electron chi connectivity index (χ0n) is 8.57. The van der Waals surface area contributed by atoms with Gasteiger partial charge in [0.2, 0.25) is 0 Å². The molecule has 0 amide bonds. The van der Waals surface area contributed by atoms with Gasteiger partial charge in [-0.15, -0.1) is 22.2 Å². The monoisotopic (exact) mass is 323 g/mol. The van der Waals surface area contributed by atoms with E-state index in [9.17, 15) is 22.0 Å². The normalized spacial score (nSPS) is 12.9. The Balaban J connectivity index is 2.85. The van der Waals surface area contributed by atoms with Crippen LogP contribution in [0.15, 0.2) is 24.3 Å². The van der Waals surface area contributed by atoms with Crippen molar-refractivity contribution in [1.82, 2.24) is 0 Å². The van der Waals surface area contributed by atoms with Crippen LogP contribution in [0.25, 0.3) is 0 Å². The molecule has 0 aliphatic rings. The highest BCUT2D eigenvalue weighted by Gasteiger charge is 2.61. The zero-order chi connectivity index (χ0) is 14.0. The fourth-order valence-corrected chi connectivity index (χ4v) is 2.53. The number of halogens is 7. The summed E-state index contributed by atoms with van der Waals surface area (Å²) in [5, 5.41) is 0. The van der Waals surface area contributed by atoms with Gasteiger partial charge in [-0.2, -0.15) is 22.0 Å². The second-order valence-electron chi connectivity index (χ2n) is 3.28. The number of hydrogen-bond donors (Lipinski definition) is 0. The van der Waals surface area contributed by atoms with E-state index in [1.54, 1.807) is 0 Å². The highest BCUT2D eigenvalue weighted by molar-refractivity contribution is 7.33. The van der Waals surface area contributed by atoms with Gasteiger partial charge < -0.3 is 4.74 Å². The first-order chi connectivity index (χ1) is 8.12. The van der Waals surface area contributed by atoms with Gasteiger partial charge in [0.25, 0.3) is 7.42 Å². The fraction of sp³-hybridized carbons (Fsp3) is 0.333. The van der Waals surface area contributed by atoms with E-state index in [1.165, 1.54) is 12.1 Å². The molecule has 0 bridgehead atoms. The van der Waals surface area contributed by atoms with E-state index in [2.05, 4.69) is 4.74 Å². The van der Waals surface area contributed by atoms with Crippen LogP contribution in [0.3, 0.4) is 0 Å². The van der Waals surface area contributed by atoms with Gasteiger partial charge >= 0.3 is 12.3 Å². The quantitative estimate of drug-likeness (QED) is 0.457. The first-order valence-electron chi connectivity index (χ1n) is 4.51. The lowest BCUT2D eigenvalue weighted by molar-refractivity contribution is -0.360. The smallest absolute Gasteiger partial charge is 0.426 e. The predicted molar refractivity (Wildman–Crippen MR) is 59.2 cm³/mol. The number of hydrogen-bond acceptors (Lipinski definition) is 1. The Morgan fingerprint density at radius 2 is 1.72 bits per heavy atom. The number of alkyl halides is 5. The Labute approximate surface area is 110 Å². The van der Waals surface area contributed by atoms with Crippen molar-refractivity contribution >= 4 is 29.6 Å². The Morgan fingerprint density at radius 3 is 2.22 bits per heavy atom. The van der Waals surface area contributed by atoms with Gasteiger partial charge in [-0.3, -0.25) is 0 Å². The SMILES string of the molecule is FC(F)(F)C(F)(F)Oc1cccc(C[Si](Cl)Cl)c1. The fourth-order valence-electron chi connectivity index (χ4n) is 1.08. The van der Waals surface area contributed by atoms with Gasteiger partial charge in [0.05, 0.1) is 0 Å². The molecule has 101 valence electrons. The summed E-state index contributed by atoms with van der Waals surface area (Å²) in [5.41, 5.74) is 0.435. The molecule has 0 heterocycles. The van der Waals surface area contributed by atoms with E-state index in [4.69, 9.17) is 22.2 Å². The maximum absolute atomic E-state index is 12.6. The zero-order valence-corrected chi connectivity index (χ0v) is 11.1. The van der Waals surface area contributed by atoms with E-state index >= 15 is 0 Å². The molecule has 1 rings (SSSR count). The molecule has 0 fully saturated rings. The second kappa shape index (κ2) is 5.62. The average Bonchev–Trinajstić information content (AvgIpc) is 2.14. The minimum absolute atomic E-state index is 0.211. The molecule has 0 atom stereocenters. The molecule has 0 aliphatic heterocycles. The molecular formula is C9H6Cl2F5OSi. The predicted octanol–water partition coefficient (Wildman–Crippen LogP) is 4.27. The first-order valence-corrected chi connectivity index (χ1v) is 8.24. The van der Waals surface area contributed by atoms with Crippen molar-refractivity contribution in [2.45, 2.75) is 18.3 Å². The molecular weight excluding hydrogens is 318 g/mol. The molecule has 0 aliphatic carbocycles. The Hall–Kier alpha value is -0.533. The van der Waals surface area contributed by atoms with Gasteiger partial charge in [0.15, 0.2) is 0 Å². The third-order valence-electron chi connectivity index (χ3n) is 1.81. The molecule has 9 heteroatoms. The van der Waals surface area contributed by atoms with Gasteiger partial charge in [-0.25, -0.2) is 0 Å². The summed E-state index contributed by atoms with van der Waals surface area (Å²) in [6.07, 6.45) is -11.0. The second-order valence-corrected chi connectivity index (χ2v) is 7.63. The maximum Gasteiger partial charge on any atom is 0.499 e. The molecule has 0 aromatic heterocycles. The Morgan fingerprint density at radius 1 is 1.11 bits per heavy atom. The summed E-state index contributed by atoms with van der Waals surface area (Å²) in [6, 6.07) is 5.05. The third-order valence-corrected chi connectivity index (χ3v) is 3.29. The van der Waals surface area contributed by atoms with Crippen LogP contribution >= 0.6 is 22.2 Å². The van der Waals surface area contributed by atoms with Gasteiger partial charge in [0, 0.05) is 0 Å². The summed E-state index contributed by atoms with van der Waals surface area (Å²) in [7, 11) is -1.70. The summed E-state index contributed by atoms with van der Waals surface area (Å²) in [6.45, 7) is 0. The molecule has 0 saturated heterocycles. The van der Waals surface area contributed by atoms with Crippen LogP contribution in [-0.4, -0.2) is 19.7 Å². The Kier molecular flexibility index (Phi) is 4.85. The van der Waals surface area contributed by atoms with Crippen molar-refractivity contribution in [3.63, 3.8) is 0 Å². The molecule has 0 N–H and O–H groups in total. The number of ether oxygens (including phenoxy) is 1. The standard InChI is InChI=1S/C9H6Cl2F5OSi/c10-18(11)5-6-2-1-3-7(4-6)17-9(15,16)8(12,13)14/h1-4H,5H2. The highest BCUT2D eigenvalue weighted by Crippen LogP contribution is 2.37. The van der Waals surface area contributed by atoms with Crippen LogP contribution < -0.4 is 4.74 Å². The number of benzene rings is 1.